The van der Waals surface area contributed by atoms with Gasteiger partial charge in [0.05, 0.1) is 6.61 Å². The molecule has 0 saturated carbocycles. The Morgan fingerprint density at radius 2 is 2.20 bits per heavy atom. The average Bonchev–Trinajstić information content (AvgIpc) is 2.91. The summed E-state index contributed by atoms with van der Waals surface area (Å²) in [5.41, 5.74) is 2.23. The van der Waals surface area contributed by atoms with Crippen LogP contribution in [0, 0.1) is 0 Å². The SMILES string of the molecule is c1cc2c(c(-c3nccc(OC4CNC4)n3)c1)CCO2. The standard InChI is InChI=1S/C15H15N3O2/c1-2-12(11-5-7-19-13(11)3-1)15-17-6-4-14(18-15)20-10-8-16-9-10/h1-4,6,10,16H,5,7-9H2. The van der Waals surface area contributed by atoms with Crippen molar-refractivity contribution in [2.24, 2.45) is 0 Å². The molecule has 102 valence electrons. The van der Waals surface area contributed by atoms with Crippen molar-refractivity contribution in [3.8, 4) is 23.0 Å². The van der Waals surface area contributed by atoms with Crippen molar-refractivity contribution in [3.05, 3.63) is 36.0 Å². The number of aromatic nitrogens is 2. The molecule has 2 aliphatic heterocycles. The predicted octanol–water partition coefficient (Wildman–Crippen LogP) is 1.43. The second-order valence-corrected chi connectivity index (χ2v) is 5.00. The predicted molar refractivity (Wildman–Crippen MR) is 74.0 cm³/mol. The van der Waals surface area contributed by atoms with E-state index in [0.29, 0.717) is 11.7 Å². The molecular weight excluding hydrogens is 254 g/mol. The van der Waals surface area contributed by atoms with Gasteiger partial charge >= 0.3 is 0 Å². The zero-order valence-corrected chi connectivity index (χ0v) is 11.0. The van der Waals surface area contributed by atoms with Crippen molar-refractivity contribution in [1.29, 1.82) is 0 Å². The first-order valence-corrected chi connectivity index (χ1v) is 6.85. The van der Waals surface area contributed by atoms with Gasteiger partial charge in [-0.3, -0.25) is 0 Å². The van der Waals surface area contributed by atoms with E-state index in [1.165, 1.54) is 5.56 Å². The number of nitrogens with zero attached hydrogens (tertiary/aromatic N) is 2. The lowest BCUT2D eigenvalue weighted by Gasteiger charge is -2.27. The van der Waals surface area contributed by atoms with Gasteiger partial charge in [0.25, 0.3) is 0 Å². The lowest BCUT2D eigenvalue weighted by molar-refractivity contribution is 0.136. The molecule has 3 heterocycles. The Labute approximate surface area is 117 Å². The first kappa shape index (κ1) is 11.7. The highest BCUT2D eigenvalue weighted by Crippen LogP contribution is 2.33. The van der Waals surface area contributed by atoms with Gasteiger partial charge in [-0.1, -0.05) is 12.1 Å². The molecule has 1 N–H and O–H groups in total. The van der Waals surface area contributed by atoms with Crippen LogP contribution in [0.2, 0.25) is 0 Å². The molecule has 1 aromatic heterocycles. The zero-order chi connectivity index (χ0) is 13.4. The van der Waals surface area contributed by atoms with Gasteiger partial charge in [-0.2, -0.15) is 4.98 Å². The number of hydrogen-bond acceptors (Lipinski definition) is 5. The van der Waals surface area contributed by atoms with Crippen LogP contribution >= 0.6 is 0 Å². The Bertz CT molecular complexity index is 641. The zero-order valence-electron chi connectivity index (χ0n) is 11.0. The molecule has 5 heteroatoms. The second kappa shape index (κ2) is 4.76. The summed E-state index contributed by atoms with van der Waals surface area (Å²) in [6.45, 7) is 2.50. The Hall–Kier alpha value is -2.14. The van der Waals surface area contributed by atoms with E-state index >= 15 is 0 Å². The van der Waals surface area contributed by atoms with E-state index in [2.05, 4.69) is 15.3 Å². The minimum Gasteiger partial charge on any atom is -0.493 e. The van der Waals surface area contributed by atoms with E-state index < -0.39 is 0 Å². The maximum absolute atomic E-state index is 5.79. The summed E-state index contributed by atoms with van der Waals surface area (Å²) >= 11 is 0. The molecule has 0 spiro atoms. The summed E-state index contributed by atoms with van der Waals surface area (Å²) < 4.78 is 11.4. The third kappa shape index (κ3) is 2.00. The lowest BCUT2D eigenvalue weighted by Crippen LogP contribution is -2.50. The van der Waals surface area contributed by atoms with Crippen molar-refractivity contribution in [1.82, 2.24) is 15.3 Å². The van der Waals surface area contributed by atoms with Crippen LogP contribution in [0.4, 0.5) is 0 Å². The van der Waals surface area contributed by atoms with E-state index in [-0.39, 0.29) is 6.10 Å². The highest BCUT2D eigenvalue weighted by molar-refractivity contribution is 5.65. The van der Waals surface area contributed by atoms with Crippen LogP contribution in [-0.2, 0) is 6.42 Å². The van der Waals surface area contributed by atoms with Gasteiger partial charge in [0, 0.05) is 42.9 Å². The van der Waals surface area contributed by atoms with E-state index in [1.807, 2.05) is 24.3 Å². The van der Waals surface area contributed by atoms with Crippen LogP contribution in [0.15, 0.2) is 30.5 Å². The molecule has 2 aliphatic rings. The molecule has 1 aromatic carbocycles. The van der Waals surface area contributed by atoms with Crippen LogP contribution in [0.1, 0.15) is 5.56 Å². The van der Waals surface area contributed by atoms with Gasteiger partial charge in [0.15, 0.2) is 5.82 Å². The van der Waals surface area contributed by atoms with Crippen molar-refractivity contribution < 1.29 is 9.47 Å². The molecule has 0 radical (unpaired) electrons. The number of nitrogens with one attached hydrogen (secondary N) is 1. The first-order valence-electron chi connectivity index (χ1n) is 6.85. The van der Waals surface area contributed by atoms with Crippen LogP contribution < -0.4 is 14.8 Å². The molecule has 0 amide bonds. The molecule has 5 nitrogen and oxygen atoms in total. The number of fused-ring (bicyclic) bond motifs is 1. The topological polar surface area (TPSA) is 56.3 Å². The highest BCUT2D eigenvalue weighted by Gasteiger charge is 2.21. The van der Waals surface area contributed by atoms with E-state index in [1.54, 1.807) is 6.20 Å². The fourth-order valence-corrected chi connectivity index (χ4v) is 2.49. The molecule has 2 aromatic rings. The van der Waals surface area contributed by atoms with Gasteiger partial charge in [0.1, 0.15) is 11.9 Å². The number of rotatable bonds is 3. The Morgan fingerprint density at radius 3 is 3.05 bits per heavy atom. The minimum absolute atomic E-state index is 0.225. The highest BCUT2D eigenvalue weighted by atomic mass is 16.5. The summed E-state index contributed by atoms with van der Waals surface area (Å²) in [5, 5.41) is 3.18. The van der Waals surface area contributed by atoms with Crippen LogP contribution in [0.25, 0.3) is 11.4 Å². The van der Waals surface area contributed by atoms with E-state index in [9.17, 15) is 0 Å². The quantitative estimate of drug-likeness (QED) is 0.913. The van der Waals surface area contributed by atoms with Crippen molar-refractivity contribution >= 4 is 0 Å². The second-order valence-electron chi connectivity index (χ2n) is 5.00. The minimum atomic E-state index is 0.225. The van der Waals surface area contributed by atoms with E-state index in [4.69, 9.17) is 9.47 Å². The number of hydrogen-bond donors (Lipinski definition) is 1. The third-order valence-corrected chi connectivity index (χ3v) is 3.65. The number of ether oxygens (including phenoxy) is 2. The average molecular weight is 269 g/mol. The molecule has 1 saturated heterocycles. The maximum atomic E-state index is 5.79. The van der Waals surface area contributed by atoms with Crippen LogP contribution in [0.5, 0.6) is 11.6 Å². The fourth-order valence-electron chi connectivity index (χ4n) is 2.49. The summed E-state index contributed by atoms with van der Waals surface area (Å²) in [6.07, 6.45) is 2.88. The molecule has 20 heavy (non-hydrogen) atoms. The molecular formula is C15H15N3O2. The Morgan fingerprint density at radius 1 is 1.25 bits per heavy atom. The largest absolute Gasteiger partial charge is 0.493 e. The summed E-state index contributed by atoms with van der Waals surface area (Å²) in [6, 6.07) is 7.82. The molecule has 1 fully saturated rings. The summed E-state index contributed by atoms with van der Waals surface area (Å²) in [5.74, 6) is 2.29. The lowest BCUT2D eigenvalue weighted by atomic mass is 10.0. The normalized spacial score (nSPS) is 17.2. The molecule has 0 aliphatic carbocycles. The van der Waals surface area contributed by atoms with Gasteiger partial charge in [-0.05, 0) is 6.07 Å². The molecule has 0 bridgehead atoms. The fraction of sp³-hybridized carbons (Fsp3) is 0.333. The molecule has 4 rings (SSSR count). The Balaban J connectivity index is 1.68. The van der Waals surface area contributed by atoms with Crippen molar-refractivity contribution in [2.45, 2.75) is 12.5 Å². The summed E-state index contributed by atoms with van der Waals surface area (Å²) in [4.78, 5) is 8.90. The van der Waals surface area contributed by atoms with Crippen LogP contribution in [0.3, 0.4) is 0 Å². The van der Waals surface area contributed by atoms with Crippen LogP contribution in [-0.4, -0.2) is 35.8 Å². The van der Waals surface area contributed by atoms with E-state index in [0.717, 1.165) is 37.4 Å². The maximum Gasteiger partial charge on any atom is 0.217 e. The van der Waals surface area contributed by atoms with Gasteiger partial charge in [-0.15, -0.1) is 0 Å². The number of benzene rings is 1. The first-order chi connectivity index (χ1) is 9.90. The van der Waals surface area contributed by atoms with Crippen molar-refractivity contribution in [2.75, 3.05) is 19.7 Å². The van der Waals surface area contributed by atoms with Crippen molar-refractivity contribution in [3.63, 3.8) is 0 Å². The monoisotopic (exact) mass is 269 g/mol. The smallest absolute Gasteiger partial charge is 0.217 e. The molecule has 0 atom stereocenters. The van der Waals surface area contributed by atoms with Gasteiger partial charge in [0.2, 0.25) is 5.88 Å². The third-order valence-electron chi connectivity index (χ3n) is 3.65. The van der Waals surface area contributed by atoms with Gasteiger partial charge in [-0.25, -0.2) is 4.98 Å². The summed E-state index contributed by atoms with van der Waals surface area (Å²) in [7, 11) is 0. The van der Waals surface area contributed by atoms with Gasteiger partial charge < -0.3 is 14.8 Å². The Kier molecular flexibility index (Phi) is 2.77. The molecule has 0 unspecified atom stereocenters.